The van der Waals surface area contributed by atoms with Gasteiger partial charge >= 0.3 is 5.97 Å². The van der Waals surface area contributed by atoms with Crippen molar-refractivity contribution in [1.82, 2.24) is 5.32 Å². The number of hydrogen-bond donors (Lipinski definition) is 3. The highest BCUT2D eigenvalue weighted by atomic mass is 32.1. The molecule has 2 N–H and O–H groups in total. The van der Waals surface area contributed by atoms with Gasteiger partial charge < -0.3 is 20.1 Å². The van der Waals surface area contributed by atoms with Crippen LogP contribution in [0.4, 0.5) is 0 Å². The molecule has 0 rings (SSSR count). The molecule has 0 spiro atoms. The third-order valence-corrected chi connectivity index (χ3v) is 2.71. The van der Waals surface area contributed by atoms with Gasteiger partial charge in [0.1, 0.15) is 18.8 Å². The summed E-state index contributed by atoms with van der Waals surface area (Å²) >= 11 is 3.77. The molecule has 2 unspecified atom stereocenters. The molecular weight excluding hydrogens is 326 g/mol. The van der Waals surface area contributed by atoms with Crippen molar-refractivity contribution in [2.24, 2.45) is 0 Å². The predicted octanol–water partition coefficient (Wildman–Crippen LogP) is -0.559. The van der Waals surface area contributed by atoms with Crippen molar-refractivity contribution in [2.45, 2.75) is 31.4 Å². The van der Waals surface area contributed by atoms with Gasteiger partial charge in [0.15, 0.2) is 0 Å². The van der Waals surface area contributed by atoms with Crippen molar-refractivity contribution in [2.75, 3.05) is 12.4 Å². The zero-order valence-electron chi connectivity index (χ0n) is 11.2. The third-order valence-electron chi connectivity index (χ3n) is 2.35. The average molecular weight is 341 g/mol. The van der Waals surface area contributed by atoms with Crippen molar-refractivity contribution in [3.8, 4) is 0 Å². The van der Waals surface area contributed by atoms with E-state index in [1.165, 1.54) is 0 Å². The number of nitrogens with one attached hydrogen (secondary N) is 1. The number of carboxylic acids is 1. The zero-order chi connectivity index (χ0) is 17.1. The highest BCUT2D eigenvalue weighted by molar-refractivity contribution is 7.80. The SMILES string of the molecule is O=C(CCCC(CO[N+](=O)[O-])O[N+](=O)[O-])NC(CS)C(=O)O. The van der Waals surface area contributed by atoms with Crippen LogP contribution in [0.15, 0.2) is 0 Å². The van der Waals surface area contributed by atoms with Gasteiger partial charge in [-0.15, -0.1) is 20.2 Å². The molecule has 0 aliphatic rings. The van der Waals surface area contributed by atoms with Crippen molar-refractivity contribution in [1.29, 1.82) is 0 Å². The summed E-state index contributed by atoms with van der Waals surface area (Å²) in [6, 6.07) is -1.14. The zero-order valence-corrected chi connectivity index (χ0v) is 12.1. The smallest absolute Gasteiger partial charge is 0.327 e. The first kappa shape index (κ1) is 19.7. The Morgan fingerprint density at radius 1 is 1.27 bits per heavy atom. The van der Waals surface area contributed by atoms with Crippen LogP contribution in [0.2, 0.25) is 0 Å². The number of amides is 1. The summed E-state index contributed by atoms with van der Waals surface area (Å²) in [5.74, 6) is -1.92. The van der Waals surface area contributed by atoms with Gasteiger partial charge in [0.05, 0.1) is 0 Å². The van der Waals surface area contributed by atoms with E-state index < -0.39 is 40.8 Å². The molecule has 12 nitrogen and oxygen atoms in total. The Morgan fingerprint density at radius 2 is 1.91 bits per heavy atom. The van der Waals surface area contributed by atoms with Crippen LogP contribution in [-0.2, 0) is 19.3 Å². The second-order valence-corrected chi connectivity index (χ2v) is 4.37. The van der Waals surface area contributed by atoms with Crippen LogP contribution in [0, 0.1) is 20.2 Å². The highest BCUT2D eigenvalue weighted by Gasteiger charge is 2.19. The second kappa shape index (κ2) is 10.4. The third kappa shape index (κ3) is 9.57. The van der Waals surface area contributed by atoms with Crippen molar-refractivity contribution < 1.29 is 34.5 Å². The van der Waals surface area contributed by atoms with Crippen LogP contribution in [0.5, 0.6) is 0 Å². The monoisotopic (exact) mass is 341 g/mol. The number of carboxylic acid groups (broad SMARTS) is 1. The molecule has 13 heteroatoms. The molecule has 126 valence electrons. The van der Waals surface area contributed by atoms with E-state index in [-0.39, 0.29) is 25.0 Å². The maximum atomic E-state index is 11.5. The van der Waals surface area contributed by atoms with Gasteiger partial charge in [-0.2, -0.15) is 12.6 Å². The number of carbonyl (C=O) groups is 2. The average Bonchev–Trinajstić information content (AvgIpc) is 2.40. The van der Waals surface area contributed by atoms with Crippen LogP contribution < -0.4 is 5.32 Å². The van der Waals surface area contributed by atoms with E-state index >= 15 is 0 Å². The normalized spacial score (nSPS) is 12.8. The molecule has 1 amide bonds. The minimum absolute atomic E-state index is 0.0547. The summed E-state index contributed by atoms with van der Waals surface area (Å²) in [5, 5.41) is 28.9. The van der Waals surface area contributed by atoms with Crippen LogP contribution >= 0.6 is 12.6 Å². The Bertz CT molecular complexity index is 419. The molecule has 0 fully saturated rings. The molecule has 0 aromatic rings. The van der Waals surface area contributed by atoms with Gasteiger partial charge in [-0.05, 0) is 12.8 Å². The van der Waals surface area contributed by atoms with E-state index in [0.717, 1.165) is 0 Å². The topological polar surface area (TPSA) is 171 Å². The lowest BCUT2D eigenvalue weighted by Gasteiger charge is -2.14. The van der Waals surface area contributed by atoms with Gasteiger partial charge in [0.25, 0.3) is 10.2 Å². The van der Waals surface area contributed by atoms with Crippen LogP contribution in [-0.4, -0.2) is 51.7 Å². The minimum atomic E-state index is -1.24. The van der Waals surface area contributed by atoms with Crippen molar-refractivity contribution >= 4 is 24.5 Å². The molecule has 0 aromatic carbocycles. The van der Waals surface area contributed by atoms with Crippen molar-refractivity contribution in [3.05, 3.63) is 20.2 Å². The van der Waals surface area contributed by atoms with E-state index in [9.17, 15) is 29.8 Å². The van der Waals surface area contributed by atoms with E-state index in [1.54, 1.807) is 0 Å². The second-order valence-electron chi connectivity index (χ2n) is 4.00. The molecule has 0 aliphatic carbocycles. The van der Waals surface area contributed by atoms with Gasteiger partial charge in [-0.3, -0.25) is 4.79 Å². The lowest BCUT2D eigenvalue weighted by Crippen LogP contribution is -2.42. The Labute approximate surface area is 129 Å². The minimum Gasteiger partial charge on any atom is -0.480 e. The lowest BCUT2D eigenvalue weighted by atomic mass is 10.1. The van der Waals surface area contributed by atoms with Crippen molar-refractivity contribution in [3.63, 3.8) is 0 Å². The first-order chi connectivity index (χ1) is 10.3. The highest BCUT2D eigenvalue weighted by Crippen LogP contribution is 2.07. The molecule has 0 bridgehead atoms. The summed E-state index contributed by atoms with van der Waals surface area (Å²) in [7, 11) is 0. The summed E-state index contributed by atoms with van der Waals surface area (Å²) in [5.41, 5.74) is 0. The molecule has 0 saturated carbocycles. The fourth-order valence-corrected chi connectivity index (χ4v) is 1.62. The molecule has 22 heavy (non-hydrogen) atoms. The summed E-state index contributed by atoms with van der Waals surface area (Å²) in [6.07, 6.45) is -1.30. The molecule has 0 radical (unpaired) electrons. The number of carbonyl (C=O) groups excluding carboxylic acids is 1. The first-order valence-corrected chi connectivity index (χ1v) is 6.61. The largest absolute Gasteiger partial charge is 0.480 e. The molecular formula is C9H15N3O9S. The van der Waals surface area contributed by atoms with Gasteiger partial charge in [-0.25, -0.2) is 4.79 Å². The number of rotatable bonds is 12. The number of thiol groups is 1. The molecule has 0 aliphatic heterocycles. The maximum Gasteiger partial charge on any atom is 0.327 e. The first-order valence-electron chi connectivity index (χ1n) is 5.97. The van der Waals surface area contributed by atoms with E-state index in [1.807, 2.05) is 0 Å². The van der Waals surface area contributed by atoms with Crippen LogP contribution in [0.3, 0.4) is 0 Å². The number of hydrogen-bond acceptors (Lipinski definition) is 9. The van der Waals surface area contributed by atoms with Gasteiger partial charge in [0.2, 0.25) is 5.91 Å². The van der Waals surface area contributed by atoms with E-state index in [0.29, 0.717) is 0 Å². The van der Waals surface area contributed by atoms with Crippen LogP contribution in [0.1, 0.15) is 19.3 Å². The Balaban J connectivity index is 4.19. The van der Waals surface area contributed by atoms with Crippen LogP contribution in [0.25, 0.3) is 0 Å². The van der Waals surface area contributed by atoms with Gasteiger partial charge in [0, 0.05) is 12.2 Å². The fourth-order valence-electron chi connectivity index (χ4n) is 1.37. The molecule has 0 aromatic heterocycles. The van der Waals surface area contributed by atoms with Gasteiger partial charge in [-0.1, -0.05) is 0 Å². The fraction of sp³-hybridized carbons (Fsp3) is 0.778. The number of aliphatic carboxylic acids is 1. The Morgan fingerprint density at radius 3 is 2.36 bits per heavy atom. The lowest BCUT2D eigenvalue weighted by molar-refractivity contribution is -0.790. The quantitative estimate of drug-likeness (QED) is 0.239. The molecule has 2 atom stereocenters. The molecule has 0 saturated heterocycles. The van der Waals surface area contributed by atoms with E-state index in [2.05, 4.69) is 27.6 Å². The summed E-state index contributed by atoms with van der Waals surface area (Å²) in [4.78, 5) is 50.5. The predicted molar refractivity (Wildman–Crippen MR) is 72.1 cm³/mol. The van der Waals surface area contributed by atoms with E-state index in [4.69, 9.17) is 5.11 Å². The standard InChI is InChI=1S/C9H15N3O9S/c13-8(10-7(5-22)9(14)15)3-1-2-6(21-12(18)19)4-20-11(16)17/h6-7,22H,1-5H2,(H,10,13)(H,14,15). The molecule has 0 heterocycles. The number of nitrogens with zero attached hydrogens (tertiary/aromatic N) is 2. The maximum absolute atomic E-state index is 11.5. The Kier molecular flexibility index (Phi) is 9.33. The Hall–Kier alpha value is -2.31. The summed E-state index contributed by atoms with van der Waals surface area (Å²) in [6.45, 7) is -0.649. The summed E-state index contributed by atoms with van der Waals surface area (Å²) < 4.78 is 0.